The molecule has 7 heteroatoms. The van der Waals surface area contributed by atoms with Crippen molar-refractivity contribution in [1.82, 2.24) is 4.98 Å². The first-order valence-corrected chi connectivity index (χ1v) is 11.4. The molecule has 0 atom stereocenters. The minimum atomic E-state index is -3.71. The number of aryl methyl sites for hydroxylation is 2. The number of nitrogens with zero attached hydrogens (tertiary/aromatic N) is 1. The molecular weight excluding hydrogens is 400 g/mol. The number of hydrogen-bond donors (Lipinski definition) is 1. The fourth-order valence-electron chi connectivity index (χ4n) is 2.95. The van der Waals surface area contributed by atoms with Crippen LogP contribution in [-0.2, 0) is 10.0 Å². The van der Waals surface area contributed by atoms with Crippen molar-refractivity contribution >= 4 is 38.6 Å². The minimum absolute atomic E-state index is 0.236. The molecule has 1 aromatic heterocycles. The highest BCUT2D eigenvalue weighted by Crippen LogP contribution is 2.44. The SMILES string of the molecule is Cc1cc(S(=O)(=O)Nc2cccc(-c3ncc(C4CC4)s3)c2)c(C)cc1Cl. The lowest BCUT2D eigenvalue weighted by atomic mass is 10.2. The summed E-state index contributed by atoms with van der Waals surface area (Å²) in [4.78, 5) is 6.05. The predicted octanol–water partition coefficient (Wildman–Crippen LogP) is 5.76. The van der Waals surface area contributed by atoms with Crippen LogP contribution in [0.4, 0.5) is 5.69 Å². The monoisotopic (exact) mass is 418 g/mol. The minimum Gasteiger partial charge on any atom is -0.280 e. The molecule has 4 nitrogen and oxygen atoms in total. The van der Waals surface area contributed by atoms with E-state index < -0.39 is 10.0 Å². The normalized spacial score (nSPS) is 14.3. The Kier molecular flexibility index (Phi) is 4.74. The Labute approximate surface area is 168 Å². The van der Waals surface area contributed by atoms with Crippen LogP contribution in [0.2, 0.25) is 5.02 Å². The molecule has 0 aliphatic heterocycles. The second kappa shape index (κ2) is 6.93. The zero-order chi connectivity index (χ0) is 19.2. The highest BCUT2D eigenvalue weighted by molar-refractivity contribution is 7.92. The number of benzene rings is 2. The number of rotatable bonds is 5. The Hall–Kier alpha value is -1.89. The van der Waals surface area contributed by atoms with Gasteiger partial charge in [0.2, 0.25) is 0 Å². The zero-order valence-corrected chi connectivity index (χ0v) is 17.4. The zero-order valence-electron chi connectivity index (χ0n) is 15.0. The van der Waals surface area contributed by atoms with Gasteiger partial charge in [-0.2, -0.15) is 0 Å². The van der Waals surface area contributed by atoms with Gasteiger partial charge >= 0.3 is 0 Å². The second-order valence-corrected chi connectivity index (χ2v) is 10.0. The molecule has 140 valence electrons. The third-order valence-electron chi connectivity index (χ3n) is 4.61. The van der Waals surface area contributed by atoms with Crippen LogP contribution in [0.3, 0.4) is 0 Å². The quantitative estimate of drug-likeness (QED) is 0.573. The highest BCUT2D eigenvalue weighted by atomic mass is 35.5. The summed E-state index contributed by atoms with van der Waals surface area (Å²) in [7, 11) is -3.71. The molecular formula is C20H19ClN2O2S2. The number of halogens is 1. The van der Waals surface area contributed by atoms with Gasteiger partial charge in [0.05, 0.1) is 4.90 Å². The van der Waals surface area contributed by atoms with Gasteiger partial charge in [0.15, 0.2) is 0 Å². The molecule has 4 rings (SSSR count). The van der Waals surface area contributed by atoms with Gasteiger partial charge in [-0.3, -0.25) is 4.72 Å². The molecule has 1 heterocycles. The summed E-state index contributed by atoms with van der Waals surface area (Å²) >= 11 is 7.78. The first-order chi connectivity index (χ1) is 12.8. The summed E-state index contributed by atoms with van der Waals surface area (Å²) in [6.07, 6.45) is 4.41. The largest absolute Gasteiger partial charge is 0.280 e. The maximum Gasteiger partial charge on any atom is 0.262 e. The molecule has 1 aliphatic carbocycles. The smallest absolute Gasteiger partial charge is 0.262 e. The van der Waals surface area contributed by atoms with Crippen molar-refractivity contribution in [2.24, 2.45) is 0 Å². The number of hydrogen-bond acceptors (Lipinski definition) is 4. The lowest BCUT2D eigenvalue weighted by Crippen LogP contribution is -2.14. The summed E-state index contributed by atoms with van der Waals surface area (Å²) in [5.74, 6) is 0.661. The van der Waals surface area contributed by atoms with Crippen LogP contribution >= 0.6 is 22.9 Å². The number of aromatic nitrogens is 1. The van der Waals surface area contributed by atoms with Crippen LogP contribution in [0.1, 0.15) is 34.8 Å². The van der Waals surface area contributed by atoms with E-state index >= 15 is 0 Å². The number of nitrogens with one attached hydrogen (secondary N) is 1. The van der Waals surface area contributed by atoms with Gasteiger partial charge in [0.25, 0.3) is 10.0 Å². The van der Waals surface area contributed by atoms with Gasteiger partial charge in [0.1, 0.15) is 5.01 Å². The van der Waals surface area contributed by atoms with Crippen molar-refractivity contribution in [3.63, 3.8) is 0 Å². The van der Waals surface area contributed by atoms with Crippen LogP contribution in [-0.4, -0.2) is 13.4 Å². The fraction of sp³-hybridized carbons (Fsp3) is 0.250. The molecule has 3 aromatic rings. The van der Waals surface area contributed by atoms with Crippen LogP contribution < -0.4 is 4.72 Å². The molecule has 0 spiro atoms. The first kappa shape index (κ1) is 18.5. The summed E-state index contributed by atoms with van der Waals surface area (Å²) in [5, 5.41) is 1.47. The Morgan fingerprint density at radius 1 is 1.15 bits per heavy atom. The molecule has 1 N–H and O–H groups in total. The maximum absolute atomic E-state index is 12.9. The van der Waals surface area contributed by atoms with E-state index in [-0.39, 0.29) is 4.90 Å². The number of thiazole rings is 1. The van der Waals surface area contributed by atoms with Crippen LogP contribution in [0.5, 0.6) is 0 Å². The van der Waals surface area contributed by atoms with Gasteiger partial charge in [-0.1, -0.05) is 23.7 Å². The van der Waals surface area contributed by atoms with E-state index in [2.05, 4.69) is 9.71 Å². The van der Waals surface area contributed by atoms with Gasteiger partial charge in [0, 0.05) is 27.3 Å². The highest BCUT2D eigenvalue weighted by Gasteiger charge is 2.26. The van der Waals surface area contributed by atoms with E-state index in [0.29, 0.717) is 22.2 Å². The maximum atomic E-state index is 12.9. The lowest BCUT2D eigenvalue weighted by molar-refractivity contribution is 0.600. The topological polar surface area (TPSA) is 59.1 Å². The lowest BCUT2D eigenvalue weighted by Gasteiger charge is -2.12. The molecule has 0 bridgehead atoms. The summed E-state index contributed by atoms with van der Waals surface area (Å²) in [6.45, 7) is 3.53. The molecule has 0 saturated heterocycles. The van der Waals surface area contributed by atoms with E-state index in [9.17, 15) is 8.42 Å². The van der Waals surface area contributed by atoms with E-state index in [0.717, 1.165) is 16.1 Å². The first-order valence-electron chi connectivity index (χ1n) is 8.69. The van der Waals surface area contributed by atoms with E-state index in [1.54, 1.807) is 43.4 Å². The van der Waals surface area contributed by atoms with Crippen LogP contribution in [0.25, 0.3) is 10.6 Å². The molecule has 2 aromatic carbocycles. The average Bonchev–Trinajstić information content (AvgIpc) is 3.35. The van der Waals surface area contributed by atoms with Crippen molar-refractivity contribution in [3.05, 3.63) is 63.6 Å². The van der Waals surface area contributed by atoms with E-state index in [1.807, 2.05) is 24.4 Å². The van der Waals surface area contributed by atoms with Crippen LogP contribution in [0, 0.1) is 13.8 Å². The van der Waals surface area contributed by atoms with Gasteiger partial charge in [-0.25, -0.2) is 13.4 Å². The predicted molar refractivity (Wildman–Crippen MR) is 111 cm³/mol. The molecule has 0 amide bonds. The molecule has 1 saturated carbocycles. The number of sulfonamides is 1. The Morgan fingerprint density at radius 2 is 1.93 bits per heavy atom. The van der Waals surface area contributed by atoms with E-state index in [1.165, 1.54) is 17.7 Å². The summed E-state index contributed by atoms with van der Waals surface area (Å²) in [6, 6.07) is 10.6. The molecule has 27 heavy (non-hydrogen) atoms. The van der Waals surface area contributed by atoms with Gasteiger partial charge in [-0.15, -0.1) is 11.3 Å². The third kappa shape index (κ3) is 3.88. The Balaban J connectivity index is 1.63. The molecule has 0 unspecified atom stereocenters. The molecule has 0 radical (unpaired) electrons. The van der Waals surface area contributed by atoms with Crippen molar-refractivity contribution in [2.75, 3.05) is 4.72 Å². The van der Waals surface area contributed by atoms with Gasteiger partial charge < -0.3 is 0 Å². The molecule has 1 aliphatic rings. The van der Waals surface area contributed by atoms with Crippen molar-refractivity contribution in [3.8, 4) is 10.6 Å². The van der Waals surface area contributed by atoms with Crippen molar-refractivity contribution < 1.29 is 8.42 Å². The number of anilines is 1. The third-order valence-corrected chi connectivity index (χ3v) is 7.75. The van der Waals surface area contributed by atoms with Crippen molar-refractivity contribution in [1.29, 1.82) is 0 Å². The molecule has 1 fully saturated rings. The Morgan fingerprint density at radius 3 is 2.67 bits per heavy atom. The van der Waals surface area contributed by atoms with Gasteiger partial charge in [-0.05, 0) is 68.0 Å². The van der Waals surface area contributed by atoms with Crippen molar-refractivity contribution in [2.45, 2.75) is 37.5 Å². The van der Waals surface area contributed by atoms with E-state index in [4.69, 9.17) is 11.6 Å². The van der Waals surface area contributed by atoms with Crippen LogP contribution in [0.15, 0.2) is 47.5 Å². The Bertz CT molecular complexity index is 1120. The second-order valence-electron chi connectivity index (χ2n) is 6.90. The fourth-order valence-corrected chi connectivity index (χ4v) is 5.61. The summed E-state index contributed by atoms with van der Waals surface area (Å²) in [5.41, 5.74) is 2.77. The summed E-state index contributed by atoms with van der Waals surface area (Å²) < 4.78 is 28.4. The standard InChI is InChI=1S/C20H19ClN2O2S2/c1-12-9-19(13(2)8-17(12)21)27(24,25)23-16-5-3-4-15(10-16)20-22-11-18(26-20)14-6-7-14/h3-5,8-11,14,23H,6-7H2,1-2H3. The average molecular weight is 419 g/mol.